The molecule has 15 heteroatoms. The second kappa shape index (κ2) is 40.4. The minimum atomic E-state index is -2.12. The van der Waals surface area contributed by atoms with E-state index in [1.807, 2.05) is 111 Å². The first-order valence-electron chi connectivity index (χ1n) is 19.8. The maximum atomic E-state index is 12.2. The van der Waals surface area contributed by atoms with Gasteiger partial charge < -0.3 is 27.9 Å². The topological polar surface area (TPSA) is 181 Å². The quantitative estimate of drug-likeness (QED) is 0.0924. The molecule has 0 aliphatic carbocycles. The van der Waals surface area contributed by atoms with Gasteiger partial charge >= 0.3 is 18.5 Å². The van der Waals surface area contributed by atoms with Gasteiger partial charge in [-0.1, -0.05) is 159 Å². The summed E-state index contributed by atoms with van der Waals surface area (Å²) >= 11 is 0. The lowest BCUT2D eigenvalue weighted by molar-refractivity contribution is -0.193. The maximum Gasteiger partial charge on any atom is 0.373 e. The summed E-state index contributed by atoms with van der Waals surface area (Å²) in [5, 5.41) is 0. The Hall–Kier alpha value is -3.63. The molecule has 0 amide bonds. The smallest absolute Gasteiger partial charge is 0.369 e. The first-order chi connectivity index (χ1) is 28.3. The Morgan fingerprint density at radius 2 is 0.607 bits per heavy atom. The highest BCUT2D eigenvalue weighted by molar-refractivity contribution is 7.63. The van der Waals surface area contributed by atoms with Crippen molar-refractivity contribution < 1.29 is 56.7 Å². The zero-order chi connectivity index (χ0) is 46.3. The van der Waals surface area contributed by atoms with Crippen LogP contribution in [-0.4, -0.2) is 76.0 Å². The fourth-order valence-corrected chi connectivity index (χ4v) is 11.8. The molecule has 0 spiro atoms. The molecule has 0 saturated carbocycles. The van der Waals surface area contributed by atoms with Crippen molar-refractivity contribution in [1.29, 1.82) is 0 Å². The van der Waals surface area contributed by atoms with E-state index in [-0.39, 0.29) is 25.9 Å². The van der Waals surface area contributed by atoms with Crippen molar-refractivity contribution in [3.63, 3.8) is 0 Å². The van der Waals surface area contributed by atoms with E-state index in [0.717, 1.165) is 54.4 Å². The van der Waals surface area contributed by atoms with Crippen molar-refractivity contribution in [3.05, 3.63) is 108 Å². The van der Waals surface area contributed by atoms with Crippen LogP contribution in [0.5, 0.6) is 0 Å². The van der Waals surface area contributed by atoms with Gasteiger partial charge in [0.25, 0.3) is 0 Å². The molecule has 0 aromatic heterocycles. The summed E-state index contributed by atoms with van der Waals surface area (Å²) in [5.41, 5.74) is 3.41. The van der Waals surface area contributed by atoms with Crippen molar-refractivity contribution in [2.75, 3.05) is 57.5 Å². The van der Waals surface area contributed by atoms with Gasteiger partial charge in [0.05, 0.1) is 38.9 Å². The average molecular weight is 911 g/mol. The molecule has 6 atom stereocenters. The van der Waals surface area contributed by atoms with Crippen LogP contribution in [0, 0.1) is 17.8 Å². The summed E-state index contributed by atoms with van der Waals surface area (Å²) in [5.74, 6) is 1.56. The largest absolute Gasteiger partial charge is 0.373 e. The second-order valence-electron chi connectivity index (χ2n) is 15.1. The molecular formula is C46H73O12P3. The van der Waals surface area contributed by atoms with E-state index in [1.165, 1.54) is 0 Å². The Morgan fingerprint density at radius 1 is 0.426 bits per heavy atom. The number of hydrogen-bond donors (Lipinski definition) is 0. The normalized spacial score (nSPS) is 14.1. The fourth-order valence-electron chi connectivity index (χ4n) is 5.32. The molecule has 344 valence electrons. The Kier molecular flexibility index (Phi) is 42.4. The highest BCUT2D eigenvalue weighted by Gasteiger charge is 2.20. The van der Waals surface area contributed by atoms with Gasteiger partial charge in [0.1, 0.15) is 21.4 Å². The number of ether oxygens (including phenoxy) is 3. The number of carbonyl (C=O) groups excluding carboxylic acids is 6. The number of benzene rings is 3. The standard InChI is InChI=1S/3C14H23O2P.3CO2.CH4/c3*1-4-13(2)11-17(3,15)12-16-10-14-8-6-5-7-9-14;3*2-1-3;/h3*5-9,13H,4,10-12H2,1-3H3;;;;1H4/t13-,17+;2*13-,17-;;;;/m000..../s1. The Bertz CT molecular complexity index is 1520. The van der Waals surface area contributed by atoms with Crippen LogP contribution in [0.2, 0.25) is 0 Å². The third-order valence-electron chi connectivity index (χ3n) is 8.61. The van der Waals surface area contributed by atoms with Gasteiger partial charge in [-0.3, -0.25) is 0 Å². The summed E-state index contributed by atoms with van der Waals surface area (Å²) in [4.78, 5) is 48.8. The van der Waals surface area contributed by atoms with Crippen molar-refractivity contribution in [2.45, 2.75) is 88.1 Å². The Balaban J connectivity index is -0.000000360. The minimum absolute atomic E-state index is 0. The monoisotopic (exact) mass is 910 g/mol. The zero-order valence-electron chi connectivity index (χ0n) is 37.1. The van der Waals surface area contributed by atoms with Gasteiger partial charge in [-0.05, 0) is 54.4 Å². The van der Waals surface area contributed by atoms with Crippen LogP contribution in [0.1, 0.15) is 84.9 Å². The molecule has 3 aromatic carbocycles. The van der Waals surface area contributed by atoms with Crippen LogP contribution in [0.4, 0.5) is 0 Å². The second-order valence-corrected chi connectivity index (χ2v) is 24.8. The van der Waals surface area contributed by atoms with Crippen LogP contribution in [0.15, 0.2) is 91.0 Å². The Morgan fingerprint density at radius 3 is 0.770 bits per heavy atom. The van der Waals surface area contributed by atoms with Crippen molar-refractivity contribution >= 4 is 39.9 Å². The predicted octanol–water partition coefficient (Wildman–Crippen LogP) is 11.5. The summed E-state index contributed by atoms with van der Waals surface area (Å²) in [6.07, 6.45) is 7.54. The average Bonchev–Trinajstić information content (AvgIpc) is 3.19. The molecule has 0 bridgehead atoms. The molecule has 12 nitrogen and oxygen atoms in total. The van der Waals surface area contributed by atoms with Gasteiger partial charge in [0, 0.05) is 18.5 Å². The fraction of sp³-hybridized carbons (Fsp3) is 0.543. The van der Waals surface area contributed by atoms with Crippen molar-refractivity contribution in [1.82, 2.24) is 0 Å². The lowest BCUT2D eigenvalue weighted by atomic mass is 10.2. The highest BCUT2D eigenvalue weighted by Crippen LogP contribution is 2.45. The molecule has 0 radical (unpaired) electrons. The van der Waals surface area contributed by atoms with Crippen molar-refractivity contribution in [3.8, 4) is 0 Å². The van der Waals surface area contributed by atoms with E-state index in [4.69, 9.17) is 43.0 Å². The van der Waals surface area contributed by atoms with E-state index >= 15 is 0 Å². The molecule has 0 aliphatic rings. The van der Waals surface area contributed by atoms with E-state index in [0.29, 0.717) is 56.6 Å². The summed E-state index contributed by atoms with van der Waals surface area (Å²) < 4.78 is 53.4. The molecule has 0 unspecified atom stereocenters. The molecule has 61 heavy (non-hydrogen) atoms. The van der Waals surface area contributed by atoms with Gasteiger partial charge in [0.15, 0.2) is 0 Å². The summed E-state index contributed by atoms with van der Waals surface area (Å²) in [7, 11) is -6.37. The van der Waals surface area contributed by atoms with Crippen LogP contribution in [0.3, 0.4) is 0 Å². The van der Waals surface area contributed by atoms with Gasteiger partial charge in [-0.25, -0.2) is 0 Å². The first kappa shape index (κ1) is 64.0. The minimum Gasteiger partial charge on any atom is -0.369 e. The molecule has 3 aromatic rings. The maximum absolute atomic E-state index is 12.2. The van der Waals surface area contributed by atoms with Crippen molar-refractivity contribution in [2.24, 2.45) is 17.8 Å². The molecule has 0 heterocycles. The first-order valence-corrected chi connectivity index (χ1v) is 27.4. The molecule has 0 saturated heterocycles. The van der Waals surface area contributed by atoms with Crippen LogP contribution < -0.4 is 0 Å². The molecule has 0 fully saturated rings. The van der Waals surface area contributed by atoms with E-state index < -0.39 is 21.4 Å². The van der Waals surface area contributed by atoms with Gasteiger partial charge in [0.2, 0.25) is 0 Å². The lowest BCUT2D eigenvalue weighted by Gasteiger charge is -2.17. The van der Waals surface area contributed by atoms with E-state index in [9.17, 15) is 13.7 Å². The predicted molar refractivity (Wildman–Crippen MR) is 244 cm³/mol. The number of rotatable bonds is 21. The van der Waals surface area contributed by atoms with Gasteiger partial charge in [-0.2, -0.15) is 28.8 Å². The van der Waals surface area contributed by atoms with Gasteiger partial charge in [-0.15, -0.1) is 0 Å². The molecule has 0 aliphatic heterocycles. The molecule has 0 N–H and O–H groups in total. The Labute approximate surface area is 366 Å². The summed E-state index contributed by atoms with van der Waals surface area (Å²) in [6.45, 7) is 20.1. The third-order valence-corrected chi connectivity index (χ3v) is 15.0. The summed E-state index contributed by atoms with van der Waals surface area (Å²) in [6, 6.07) is 30.0. The molecule has 3 rings (SSSR count). The van der Waals surface area contributed by atoms with E-state index in [1.54, 1.807) is 0 Å². The SMILES string of the molecule is C.CC[C@H](C)C[P@@](C)(=O)COCc1ccccc1.CC[C@H](C)C[P@](C)(=O)COCc1ccccc1.CC[C@H](C)C[P@](C)(=O)COCc1ccccc1.O=C=O.O=C=O.O=C=O. The highest BCUT2D eigenvalue weighted by atomic mass is 31.2. The lowest BCUT2D eigenvalue weighted by Crippen LogP contribution is -2.05. The van der Waals surface area contributed by atoms with Crippen LogP contribution >= 0.6 is 21.4 Å². The van der Waals surface area contributed by atoms with Crippen LogP contribution in [-0.2, 0) is 76.5 Å². The third kappa shape index (κ3) is 42.8. The molecular weight excluding hydrogens is 837 g/mol. The number of hydrogen-bond acceptors (Lipinski definition) is 12. The van der Waals surface area contributed by atoms with E-state index in [2.05, 4.69) is 41.5 Å². The van der Waals surface area contributed by atoms with Crippen LogP contribution in [0.25, 0.3) is 0 Å². The zero-order valence-corrected chi connectivity index (χ0v) is 39.8.